The largest absolute Gasteiger partial charge is 0.454 e. The summed E-state index contributed by atoms with van der Waals surface area (Å²) in [5.74, 6) is 0. The van der Waals surface area contributed by atoms with Gasteiger partial charge in [-0.05, 0) is 267 Å². The van der Waals surface area contributed by atoms with E-state index in [4.69, 9.17) is 13.3 Å². The Balaban J connectivity index is 0.000000111. The number of rotatable bonds is 17. The molecule has 7 heteroatoms. The molecule has 4 aromatic heterocycles. The van der Waals surface area contributed by atoms with Gasteiger partial charge in [0.15, 0.2) is 16.7 Å². The lowest BCUT2D eigenvalue weighted by molar-refractivity contribution is 0.666. The van der Waals surface area contributed by atoms with Gasteiger partial charge in [0.2, 0.25) is 0 Å². The fourth-order valence-electron chi connectivity index (χ4n) is 20.9. The summed E-state index contributed by atoms with van der Waals surface area (Å²) in [5.41, 5.74) is 34.0. The standard InChI is InChI=1S/C46H29NO2.C46H31NO.C46H31NS/c1-2-10-30(11-3-1)32-20-22-35-29-33(21-23-34(35)28-32)31-24-26-36(27-25-31)47(41-16-8-14-39-37-12-4-6-18-43(37)48-45(39)41)42-17-9-15-40-38-13-5-7-19-44(38)49-46(40)42;2*1-3-10-32(11-4-1)34-22-26-40(27-23-34)47(44-16-9-15-43-42-14-7-8-17-45(42)48-46(43)44)41-28-24-35(25-29-41)37-19-21-38-30-36(18-20-39(38)31-37)33-12-5-2-6-13-33/h1-29H;2*1-31H. The molecule has 0 spiro atoms. The molecule has 0 aliphatic rings. The average molecular weight is 1870 g/mol. The van der Waals surface area contributed by atoms with Crippen molar-refractivity contribution in [1.82, 2.24) is 0 Å². The van der Waals surface area contributed by atoms with Gasteiger partial charge in [0.1, 0.15) is 16.7 Å². The second-order valence-electron chi connectivity index (χ2n) is 36.9. The average Bonchev–Trinajstić information content (AvgIpc) is 1.59. The van der Waals surface area contributed by atoms with Gasteiger partial charge in [-0.25, -0.2) is 0 Å². The van der Waals surface area contributed by atoms with Crippen LogP contribution in [0.25, 0.3) is 207 Å². The number of hydrogen-bond donors (Lipinski definition) is 0. The van der Waals surface area contributed by atoms with Crippen LogP contribution in [0.4, 0.5) is 51.2 Å². The van der Waals surface area contributed by atoms with Gasteiger partial charge in [0.25, 0.3) is 0 Å². The van der Waals surface area contributed by atoms with Gasteiger partial charge in [0, 0.05) is 76.2 Å². The minimum atomic E-state index is 0.838. The van der Waals surface area contributed by atoms with Gasteiger partial charge in [-0.1, -0.05) is 406 Å². The zero-order valence-electron chi connectivity index (χ0n) is 79.0. The van der Waals surface area contributed by atoms with E-state index < -0.39 is 0 Å². The molecule has 6 nitrogen and oxygen atoms in total. The molecule has 0 saturated heterocycles. The quantitative estimate of drug-likeness (QED) is 0.0905. The number of hydrogen-bond acceptors (Lipinski definition) is 7. The normalized spacial score (nSPS) is 11.4. The molecule has 0 amide bonds. The van der Waals surface area contributed by atoms with Crippen molar-refractivity contribution in [3.05, 3.63) is 552 Å². The van der Waals surface area contributed by atoms with Crippen molar-refractivity contribution in [2.75, 3.05) is 14.7 Å². The maximum absolute atomic E-state index is 6.58. The van der Waals surface area contributed by atoms with E-state index >= 15 is 0 Å². The van der Waals surface area contributed by atoms with Gasteiger partial charge in [-0.2, -0.15) is 0 Å². The lowest BCUT2D eigenvalue weighted by atomic mass is 9.97. The first kappa shape index (κ1) is 86.4. The third-order valence-electron chi connectivity index (χ3n) is 28.2. The molecule has 682 valence electrons. The van der Waals surface area contributed by atoms with Crippen molar-refractivity contribution in [3.63, 3.8) is 0 Å². The van der Waals surface area contributed by atoms with Crippen LogP contribution < -0.4 is 14.7 Å². The molecule has 0 N–H and O–H groups in total. The molecule has 0 saturated carbocycles. The molecule has 24 aromatic carbocycles. The van der Waals surface area contributed by atoms with Crippen molar-refractivity contribution >= 4 is 181 Å². The smallest absolute Gasteiger partial charge is 0.159 e. The Kier molecular flexibility index (Phi) is 22.5. The van der Waals surface area contributed by atoms with Gasteiger partial charge in [-0.15, -0.1) is 11.3 Å². The summed E-state index contributed by atoms with van der Waals surface area (Å²) in [6.07, 6.45) is 0. The number of benzene rings is 24. The topological polar surface area (TPSA) is 49.1 Å². The van der Waals surface area contributed by atoms with Crippen molar-refractivity contribution in [1.29, 1.82) is 0 Å². The summed E-state index contributed by atoms with van der Waals surface area (Å²) < 4.78 is 22.3. The summed E-state index contributed by atoms with van der Waals surface area (Å²) in [7, 11) is 0. The van der Waals surface area contributed by atoms with E-state index in [9.17, 15) is 0 Å². The second-order valence-corrected chi connectivity index (χ2v) is 38.0. The highest BCUT2D eigenvalue weighted by molar-refractivity contribution is 7.26. The maximum atomic E-state index is 6.58. The molecule has 28 rings (SSSR count). The van der Waals surface area contributed by atoms with E-state index in [-0.39, 0.29) is 0 Å². The van der Waals surface area contributed by atoms with Crippen LogP contribution in [0.5, 0.6) is 0 Å². The van der Waals surface area contributed by atoms with Gasteiger partial charge in [0.05, 0.1) is 27.4 Å². The Labute approximate surface area is 843 Å². The van der Waals surface area contributed by atoms with Crippen molar-refractivity contribution in [2.24, 2.45) is 0 Å². The minimum Gasteiger partial charge on any atom is -0.454 e. The minimum absolute atomic E-state index is 0.838. The molecular formula is C138H91N3O3S. The number of nitrogens with zero attached hydrogens (tertiary/aromatic N) is 3. The van der Waals surface area contributed by atoms with E-state index in [1.165, 1.54) is 142 Å². The molecule has 0 aliphatic heterocycles. The molecule has 145 heavy (non-hydrogen) atoms. The lowest BCUT2D eigenvalue weighted by Gasteiger charge is -2.26. The summed E-state index contributed by atoms with van der Waals surface area (Å²) >= 11 is 1.86. The Hall–Kier alpha value is -18.9. The van der Waals surface area contributed by atoms with Gasteiger partial charge < -0.3 is 28.0 Å². The van der Waals surface area contributed by atoms with Crippen LogP contribution in [-0.4, -0.2) is 0 Å². The van der Waals surface area contributed by atoms with Crippen LogP contribution >= 0.6 is 11.3 Å². The van der Waals surface area contributed by atoms with Crippen LogP contribution in [0.15, 0.2) is 565 Å². The van der Waals surface area contributed by atoms with Crippen LogP contribution in [0.1, 0.15) is 0 Å². The Morgan fingerprint density at radius 3 is 0.648 bits per heavy atom. The van der Waals surface area contributed by atoms with E-state index in [1.54, 1.807) is 0 Å². The summed E-state index contributed by atoms with van der Waals surface area (Å²) in [6.45, 7) is 0. The summed E-state index contributed by atoms with van der Waals surface area (Å²) in [4.78, 5) is 6.97. The number of fused-ring (bicyclic) bond motifs is 15. The van der Waals surface area contributed by atoms with Crippen LogP contribution in [0, 0.1) is 0 Å². The van der Waals surface area contributed by atoms with Crippen molar-refractivity contribution in [2.45, 2.75) is 0 Å². The number of thiophene rings is 1. The van der Waals surface area contributed by atoms with Gasteiger partial charge in [-0.3, -0.25) is 0 Å². The molecule has 0 radical (unpaired) electrons. The molecule has 0 aliphatic carbocycles. The molecule has 0 unspecified atom stereocenters. The Morgan fingerprint density at radius 1 is 0.138 bits per heavy atom. The monoisotopic (exact) mass is 1870 g/mol. The fourth-order valence-corrected chi connectivity index (χ4v) is 22.1. The van der Waals surface area contributed by atoms with E-state index in [1.807, 2.05) is 47.7 Å². The van der Waals surface area contributed by atoms with Crippen LogP contribution in [0.2, 0.25) is 0 Å². The van der Waals surface area contributed by atoms with Crippen molar-refractivity contribution < 1.29 is 13.3 Å². The zero-order chi connectivity index (χ0) is 96.0. The predicted octanol–water partition coefficient (Wildman–Crippen LogP) is 40.3. The third-order valence-corrected chi connectivity index (χ3v) is 29.4. The van der Waals surface area contributed by atoms with E-state index in [2.05, 4.69) is 530 Å². The highest BCUT2D eigenvalue weighted by Gasteiger charge is 2.27. The predicted molar refractivity (Wildman–Crippen MR) is 614 cm³/mol. The first-order chi connectivity index (χ1) is 71.8. The van der Waals surface area contributed by atoms with Gasteiger partial charge >= 0.3 is 0 Å². The molecule has 0 fully saturated rings. The van der Waals surface area contributed by atoms with Crippen LogP contribution in [0.3, 0.4) is 0 Å². The first-order valence-corrected chi connectivity index (χ1v) is 50.1. The van der Waals surface area contributed by atoms with Crippen molar-refractivity contribution in [3.8, 4) is 89.0 Å². The Bertz CT molecular complexity index is 9190. The molecule has 4 heterocycles. The highest BCUT2D eigenvalue weighted by atomic mass is 32.1. The number of para-hydroxylation sites is 6. The Morgan fingerprint density at radius 2 is 0.345 bits per heavy atom. The molecule has 28 aromatic rings. The zero-order valence-corrected chi connectivity index (χ0v) is 79.8. The summed E-state index contributed by atoms with van der Waals surface area (Å²) in [6, 6.07) is 197. The molecule has 0 atom stereocenters. The third kappa shape index (κ3) is 16.7. The first-order valence-electron chi connectivity index (χ1n) is 49.3. The summed E-state index contributed by atoms with van der Waals surface area (Å²) in [5, 5.41) is 16.6. The number of anilines is 9. The fraction of sp³-hybridized carbons (Fsp3) is 0. The van der Waals surface area contributed by atoms with E-state index in [0.717, 1.165) is 117 Å². The molecule has 0 bridgehead atoms. The lowest BCUT2D eigenvalue weighted by Crippen LogP contribution is -2.10. The highest BCUT2D eigenvalue weighted by Crippen LogP contribution is 2.51. The van der Waals surface area contributed by atoms with Crippen LogP contribution in [-0.2, 0) is 0 Å². The maximum Gasteiger partial charge on any atom is 0.159 e. The second kappa shape index (κ2) is 37.7. The SMILES string of the molecule is c1ccc(-c2ccc(N(c3ccc(-c4ccc5cc(-c6ccccc6)ccc5c4)cc3)c3cccc4c3oc3ccccc34)cc2)cc1.c1ccc(-c2ccc(N(c3ccc(-c4ccc5cc(-c6ccccc6)ccc5c4)cc3)c3cccc4c3sc3ccccc34)cc2)cc1.c1ccc(-c2ccc3cc(-c4ccc(N(c5cccc6c5oc5ccccc56)c5cccc6c5oc5ccccc56)cc4)ccc3c2)cc1. The van der Waals surface area contributed by atoms with E-state index in [0.29, 0.717) is 0 Å². The number of furan rings is 3. The molecular weight excluding hydrogens is 1780 g/mol.